The highest BCUT2D eigenvalue weighted by Gasteiger charge is 2.45. The van der Waals surface area contributed by atoms with Crippen LogP contribution < -0.4 is 9.47 Å². The van der Waals surface area contributed by atoms with E-state index in [1.807, 2.05) is 63.2 Å². The summed E-state index contributed by atoms with van der Waals surface area (Å²) in [5, 5.41) is 0.0113. The van der Waals surface area contributed by atoms with Gasteiger partial charge in [0.15, 0.2) is 8.32 Å². The van der Waals surface area contributed by atoms with Gasteiger partial charge in [0.05, 0.1) is 26.9 Å². The third-order valence-corrected chi connectivity index (χ3v) is 13.4. The first kappa shape index (κ1) is 33.6. The second-order valence-electron chi connectivity index (χ2n) is 13.0. The molecule has 42 heavy (non-hydrogen) atoms. The summed E-state index contributed by atoms with van der Waals surface area (Å²) < 4.78 is 25.1. The van der Waals surface area contributed by atoms with Gasteiger partial charge in [-0.25, -0.2) is 0 Å². The van der Waals surface area contributed by atoms with Crippen molar-refractivity contribution in [3.05, 3.63) is 95.6 Å². The van der Waals surface area contributed by atoms with Gasteiger partial charge in [-0.05, 0) is 65.5 Å². The van der Waals surface area contributed by atoms with Crippen LogP contribution >= 0.6 is 0 Å². The zero-order valence-electron chi connectivity index (χ0n) is 27.2. The highest BCUT2D eigenvalue weighted by atomic mass is 28.4. The molecule has 0 amide bonds. The summed E-state index contributed by atoms with van der Waals surface area (Å²) >= 11 is 0. The van der Waals surface area contributed by atoms with Gasteiger partial charge in [0.2, 0.25) is 0 Å². The van der Waals surface area contributed by atoms with E-state index in [0.717, 1.165) is 28.2 Å². The Kier molecular flexibility index (Phi) is 10.9. The van der Waals surface area contributed by atoms with Crippen molar-refractivity contribution in [3.63, 3.8) is 0 Å². The lowest BCUT2D eigenvalue weighted by Crippen LogP contribution is -2.50. The van der Waals surface area contributed by atoms with Crippen LogP contribution in [0.15, 0.2) is 78.9 Å². The Hall–Kier alpha value is -2.93. The molecule has 0 N–H and O–H groups in total. The van der Waals surface area contributed by atoms with Crippen LogP contribution in [0.5, 0.6) is 11.5 Å². The molecule has 0 heterocycles. The number of Topliss-reactive ketones (excluding diaryl/α,β-unsaturated/α-hetero) is 1. The summed E-state index contributed by atoms with van der Waals surface area (Å²) in [6.45, 7) is 17.5. The Morgan fingerprint density at radius 3 is 1.60 bits per heavy atom. The predicted molar refractivity (Wildman–Crippen MR) is 174 cm³/mol. The summed E-state index contributed by atoms with van der Waals surface area (Å²) in [7, 11) is 1.16. The summed E-state index contributed by atoms with van der Waals surface area (Å²) in [6.07, 6.45) is 0.759. The predicted octanol–water partition coefficient (Wildman–Crippen LogP) is 8.80. The number of carbonyl (C=O) groups is 1. The maximum atomic E-state index is 13.2. The lowest BCUT2D eigenvalue weighted by molar-refractivity contribution is -0.133. The maximum absolute atomic E-state index is 13.2. The molecular weight excluding hydrogens is 540 g/mol. The monoisotopic (exact) mass is 590 g/mol. The fourth-order valence-corrected chi connectivity index (χ4v) is 6.61. The first-order valence-corrected chi connectivity index (χ1v) is 17.8. The molecule has 0 saturated heterocycles. The smallest absolute Gasteiger partial charge is 0.192 e. The molecule has 0 fully saturated rings. The van der Waals surface area contributed by atoms with Crippen LogP contribution in [0.3, 0.4) is 0 Å². The highest BCUT2D eigenvalue weighted by molar-refractivity contribution is 6.74. The van der Waals surface area contributed by atoms with Crippen molar-refractivity contribution in [2.75, 3.05) is 20.8 Å². The summed E-state index contributed by atoms with van der Waals surface area (Å²) in [4.78, 5) is 13.2. The van der Waals surface area contributed by atoms with Crippen LogP contribution in [0.1, 0.15) is 71.1 Å². The van der Waals surface area contributed by atoms with Gasteiger partial charge < -0.3 is 18.6 Å². The zero-order valence-corrected chi connectivity index (χ0v) is 28.2. The average Bonchev–Trinajstić information content (AvgIpc) is 2.98. The van der Waals surface area contributed by atoms with Gasteiger partial charge in [-0.3, -0.25) is 4.79 Å². The quantitative estimate of drug-likeness (QED) is 0.139. The van der Waals surface area contributed by atoms with Gasteiger partial charge in [-0.15, -0.1) is 0 Å². The Balaban J connectivity index is 2.12. The van der Waals surface area contributed by atoms with Crippen molar-refractivity contribution < 1.29 is 23.4 Å². The van der Waals surface area contributed by atoms with E-state index in [2.05, 4.69) is 70.3 Å². The molecule has 0 aliphatic carbocycles. The third kappa shape index (κ3) is 7.16. The number of carbonyl (C=O) groups excluding carboxylic acids is 1. The van der Waals surface area contributed by atoms with E-state index in [4.69, 9.17) is 18.6 Å². The molecule has 0 bridgehead atoms. The van der Waals surface area contributed by atoms with E-state index < -0.39 is 19.3 Å². The van der Waals surface area contributed by atoms with Crippen molar-refractivity contribution in [2.24, 2.45) is 5.41 Å². The molecule has 0 aliphatic heterocycles. The highest BCUT2D eigenvalue weighted by Crippen LogP contribution is 2.44. The Bertz CT molecular complexity index is 1230. The number of methoxy groups -OCH3 is 2. The number of hydrogen-bond acceptors (Lipinski definition) is 5. The van der Waals surface area contributed by atoms with Gasteiger partial charge in [-0.1, -0.05) is 96.1 Å². The second kappa shape index (κ2) is 13.6. The lowest BCUT2D eigenvalue weighted by atomic mass is 9.79. The van der Waals surface area contributed by atoms with Crippen LogP contribution in [-0.2, 0) is 19.6 Å². The van der Waals surface area contributed by atoms with Crippen molar-refractivity contribution in [3.8, 4) is 11.5 Å². The molecule has 0 saturated carbocycles. The molecule has 0 unspecified atom stereocenters. The number of benzene rings is 3. The number of ether oxygens (including phenoxy) is 3. The van der Waals surface area contributed by atoms with E-state index in [-0.39, 0.29) is 16.9 Å². The van der Waals surface area contributed by atoms with Gasteiger partial charge >= 0.3 is 0 Å². The second-order valence-corrected chi connectivity index (χ2v) is 17.8. The summed E-state index contributed by atoms with van der Waals surface area (Å²) in [6, 6.07) is 26.4. The van der Waals surface area contributed by atoms with E-state index in [1.54, 1.807) is 14.2 Å². The van der Waals surface area contributed by atoms with E-state index >= 15 is 0 Å². The van der Waals surface area contributed by atoms with Crippen LogP contribution in [0.2, 0.25) is 18.1 Å². The molecule has 3 aromatic rings. The minimum Gasteiger partial charge on any atom is -0.497 e. The van der Waals surface area contributed by atoms with Crippen molar-refractivity contribution >= 4 is 14.1 Å². The summed E-state index contributed by atoms with van der Waals surface area (Å²) in [5.41, 5.74) is 1.39. The van der Waals surface area contributed by atoms with Crippen LogP contribution in [0, 0.1) is 5.41 Å². The zero-order chi connectivity index (χ0) is 31.2. The van der Waals surface area contributed by atoms with Crippen LogP contribution in [0.4, 0.5) is 0 Å². The molecule has 0 radical (unpaired) electrons. The average molecular weight is 591 g/mol. The third-order valence-electron chi connectivity index (χ3n) is 8.96. The molecular formula is C36H50O5Si. The minimum absolute atomic E-state index is 0.0113. The van der Waals surface area contributed by atoms with Gasteiger partial charge in [0.25, 0.3) is 0 Å². The SMILES string of the molecule is CCC(=O)C(C)(C)[C@H](CCOC(c1ccccc1)(c1ccc(OC)cc1)c1ccc(OC)cc1)O[Si](C)(C)C(C)(C)C. The molecule has 0 spiro atoms. The molecule has 228 valence electrons. The van der Waals surface area contributed by atoms with Gasteiger partial charge in [0.1, 0.15) is 22.9 Å². The topological polar surface area (TPSA) is 54.0 Å². The standard InChI is InChI=1S/C36H50O5Si/c1-11-32(37)35(5,6)33(41-42(9,10)34(2,3)4)25-26-40-36(27-15-13-12-14-16-27,28-17-21-30(38-7)22-18-28)29-19-23-31(39-8)24-20-29/h12-24,33H,11,25-26H2,1-10H3/t33-/m0/s1. The Morgan fingerprint density at radius 2 is 1.19 bits per heavy atom. The fourth-order valence-electron chi connectivity index (χ4n) is 5.13. The number of ketones is 1. The molecule has 1 atom stereocenters. The summed E-state index contributed by atoms with van der Waals surface area (Å²) in [5.74, 6) is 1.75. The molecule has 3 aromatic carbocycles. The normalized spacial score (nSPS) is 13.5. The van der Waals surface area contributed by atoms with Gasteiger partial charge in [0, 0.05) is 11.8 Å². The molecule has 6 heteroatoms. The lowest BCUT2D eigenvalue weighted by Gasteiger charge is -2.44. The number of hydrogen-bond donors (Lipinski definition) is 0. The van der Waals surface area contributed by atoms with Crippen molar-refractivity contribution in [1.29, 1.82) is 0 Å². The maximum Gasteiger partial charge on any atom is 0.192 e. The molecule has 0 aromatic heterocycles. The Morgan fingerprint density at radius 1 is 0.738 bits per heavy atom. The first-order chi connectivity index (χ1) is 19.7. The van der Waals surface area contributed by atoms with E-state index in [0.29, 0.717) is 19.4 Å². The molecule has 5 nitrogen and oxygen atoms in total. The van der Waals surface area contributed by atoms with Gasteiger partial charge in [-0.2, -0.15) is 0 Å². The molecule has 0 aliphatic rings. The fraction of sp³-hybridized carbons (Fsp3) is 0.472. The van der Waals surface area contributed by atoms with Crippen LogP contribution in [0.25, 0.3) is 0 Å². The minimum atomic E-state index is -2.18. The molecule has 3 rings (SSSR count). The van der Waals surface area contributed by atoms with Crippen LogP contribution in [-0.4, -0.2) is 41.0 Å². The van der Waals surface area contributed by atoms with Crippen molar-refractivity contribution in [1.82, 2.24) is 0 Å². The Labute approximate surface area is 254 Å². The van der Waals surface area contributed by atoms with Crippen molar-refractivity contribution in [2.45, 2.75) is 84.2 Å². The van der Waals surface area contributed by atoms with E-state index in [1.165, 1.54) is 0 Å². The first-order valence-electron chi connectivity index (χ1n) is 14.9. The number of rotatable bonds is 14. The van der Waals surface area contributed by atoms with E-state index in [9.17, 15) is 4.79 Å². The largest absolute Gasteiger partial charge is 0.497 e.